The van der Waals surface area contributed by atoms with Gasteiger partial charge in [-0.3, -0.25) is 9.98 Å². The van der Waals surface area contributed by atoms with Crippen molar-refractivity contribution >= 4 is 11.4 Å². The van der Waals surface area contributed by atoms with Gasteiger partial charge in [-0.15, -0.1) is 0 Å². The second-order valence-electron chi connectivity index (χ2n) is 14.9. The third-order valence-corrected chi connectivity index (χ3v) is 11.9. The SMILES string of the molecule is CC1CCCCC1C1=NC1/C(=N\CC1=CC(NC2CCC(C3CC=CCC3)=C(O)C2C2=CCCC=C2)=CCC1)C1CC=CCC1. The molecule has 0 spiro atoms. The molecule has 0 radical (unpaired) electrons. The van der Waals surface area contributed by atoms with Gasteiger partial charge in [-0.05, 0) is 118 Å². The van der Waals surface area contributed by atoms with Gasteiger partial charge in [-0.1, -0.05) is 74.8 Å². The standard InChI is InChI=1S/C41H55N3O/c1-28-14-11-12-23-34(28)39-40(44-39)38(32-20-9-4-10-21-32)42-27-29-15-13-22-33(26-29)43-36-25-24-35(30-16-5-2-6-17-30)41(45)37(36)31-18-7-3-8-19-31/h2,4-5,7,9,18-19,22,26,28,30,32,34,36-37,40,43,45H,3,6,8,10-17,20-21,23-25,27H2,1H3/b42-38-. The van der Waals surface area contributed by atoms with Crippen molar-refractivity contribution in [1.29, 1.82) is 0 Å². The molecular weight excluding hydrogens is 550 g/mol. The summed E-state index contributed by atoms with van der Waals surface area (Å²) in [6.45, 7) is 3.23. The molecule has 1 fully saturated rings. The van der Waals surface area contributed by atoms with Crippen LogP contribution in [0.2, 0.25) is 0 Å². The lowest BCUT2D eigenvalue weighted by Crippen LogP contribution is -2.41. The van der Waals surface area contributed by atoms with Crippen molar-refractivity contribution in [1.82, 2.24) is 5.32 Å². The molecule has 6 aliphatic carbocycles. The van der Waals surface area contributed by atoms with E-state index in [9.17, 15) is 5.11 Å². The maximum Gasteiger partial charge on any atom is 0.126 e. The Kier molecular flexibility index (Phi) is 9.75. The molecular formula is C41H55N3O. The number of aliphatic hydroxyl groups excluding tert-OH is 1. The van der Waals surface area contributed by atoms with Crippen molar-refractivity contribution in [3.63, 3.8) is 0 Å². The van der Waals surface area contributed by atoms with Gasteiger partial charge in [0.15, 0.2) is 0 Å². The average Bonchev–Trinajstić information content (AvgIpc) is 3.87. The molecule has 45 heavy (non-hydrogen) atoms. The van der Waals surface area contributed by atoms with Crippen molar-refractivity contribution in [3.8, 4) is 0 Å². The Morgan fingerprint density at radius 1 is 0.889 bits per heavy atom. The summed E-state index contributed by atoms with van der Waals surface area (Å²) in [6.07, 6.45) is 39.7. The second kappa shape index (κ2) is 14.3. The first-order valence-electron chi connectivity index (χ1n) is 18.5. The van der Waals surface area contributed by atoms with E-state index in [1.165, 1.54) is 78.8 Å². The predicted molar refractivity (Wildman–Crippen MR) is 189 cm³/mol. The summed E-state index contributed by atoms with van der Waals surface area (Å²) in [5.41, 5.74) is 8.11. The summed E-state index contributed by atoms with van der Waals surface area (Å²) in [7, 11) is 0. The monoisotopic (exact) mass is 605 g/mol. The minimum absolute atomic E-state index is 0.0347. The first-order chi connectivity index (χ1) is 22.2. The van der Waals surface area contributed by atoms with Gasteiger partial charge in [0, 0.05) is 35.0 Å². The van der Waals surface area contributed by atoms with Crippen LogP contribution in [0.4, 0.5) is 0 Å². The Hall–Kier alpha value is -2.88. The van der Waals surface area contributed by atoms with Crippen molar-refractivity contribution in [2.45, 2.75) is 122 Å². The Bertz CT molecular complexity index is 1380. The van der Waals surface area contributed by atoms with E-state index in [0.717, 1.165) is 70.3 Å². The molecule has 1 aliphatic heterocycles. The molecule has 2 N–H and O–H groups in total. The molecule has 7 rings (SSSR count). The quantitative estimate of drug-likeness (QED) is 0.203. The number of allylic oxidation sites excluding steroid dienone is 10. The van der Waals surface area contributed by atoms with E-state index in [2.05, 4.69) is 66.9 Å². The number of hydrogen-bond donors (Lipinski definition) is 2. The Balaban J connectivity index is 1.07. The molecule has 0 bridgehead atoms. The summed E-state index contributed by atoms with van der Waals surface area (Å²) in [4.78, 5) is 10.6. The normalized spacial score (nSPS) is 35.4. The van der Waals surface area contributed by atoms with Gasteiger partial charge in [0.2, 0.25) is 0 Å². The maximum atomic E-state index is 11.8. The number of rotatable bonds is 9. The molecule has 7 unspecified atom stereocenters. The van der Waals surface area contributed by atoms with E-state index in [1.807, 2.05) is 0 Å². The number of aliphatic hydroxyl groups is 1. The second-order valence-corrected chi connectivity index (χ2v) is 14.9. The van der Waals surface area contributed by atoms with Crippen LogP contribution in [0.1, 0.15) is 110 Å². The smallest absolute Gasteiger partial charge is 0.126 e. The highest BCUT2D eigenvalue weighted by molar-refractivity contribution is 6.21. The topological polar surface area (TPSA) is 57.0 Å². The summed E-state index contributed by atoms with van der Waals surface area (Å²) < 4.78 is 0. The third-order valence-electron chi connectivity index (χ3n) is 11.9. The number of nitrogens with zero attached hydrogens (tertiary/aromatic N) is 2. The zero-order valence-electron chi connectivity index (χ0n) is 27.6. The minimum atomic E-state index is 0.0347. The first-order valence-corrected chi connectivity index (χ1v) is 18.5. The number of hydrogen-bond acceptors (Lipinski definition) is 4. The molecule has 1 saturated carbocycles. The summed E-state index contributed by atoms with van der Waals surface area (Å²) in [5.74, 6) is 3.17. The van der Waals surface area contributed by atoms with Crippen LogP contribution in [0, 0.1) is 29.6 Å². The van der Waals surface area contributed by atoms with Gasteiger partial charge >= 0.3 is 0 Å². The lowest BCUT2D eigenvalue weighted by atomic mass is 9.73. The van der Waals surface area contributed by atoms with Crippen molar-refractivity contribution in [3.05, 3.63) is 82.9 Å². The average molecular weight is 606 g/mol. The number of aliphatic imine (C=N–C) groups is 2. The zero-order chi connectivity index (χ0) is 30.6. The Morgan fingerprint density at radius 2 is 1.76 bits per heavy atom. The fourth-order valence-electron chi connectivity index (χ4n) is 9.21. The highest BCUT2D eigenvalue weighted by atomic mass is 16.3. The fraction of sp³-hybridized carbons (Fsp3) is 0.610. The van der Waals surface area contributed by atoms with Crippen molar-refractivity contribution < 1.29 is 5.11 Å². The van der Waals surface area contributed by atoms with Gasteiger partial charge in [0.25, 0.3) is 0 Å². The summed E-state index contributed by atoms with van der Waals surface area (Å²) in [5, 5.41) is 15.8. The molecule has 4 heteroatoms. The van der Waals surface area contributed by atoms with Crippen LogP contribution in [0.5, 0.6) is 0 Å². The lowest BCUT2D eigenvalue weighted by molar-refractivity contribution is 0.262. The summed E-state index contributed by atoms with van der Waals surface area (Å²) in [6, 6.07) is 0.490. The van der Waals surface area contributed by atoms with E-state index in [0.29, 0.717) is 23.5 Å². The predicted octanol–water partition coefficient (Wildman–Crippen LogP) is 9.85. The zero-order valence-corrected chi connectivity index (χ0v) is 27.6. The maximum absolute atomic E-state index is 11.8. The fourth-order valence-corrected chi connectivity index (χ4v) is 9.21. The highest BCUT2D eigenvalue weighted by Gasteiger charge is 2.43. The van der Waals surface area contributed by atoms with Gasteiger partial charge < -0.3 is 10.4 Å². The van der Waals surface area contributed by atoms with E-state index in [4.69, 9.17) is 9.98 Å². The van der Waals surface area contributed by atoms with E-state index in [1.54, 1.807) is 0 Å². The Morgan fingerprint density at radius 3 is 2.53 bits per heavy atom. The lowest BCUT2D eigenvalue weighted by Gasteiger charge is -2.38. The van der Waals surface area contributed by atoms with Crippen LogP contribution in [0.15, 0.2) is 92.8 Å². The largest absolute Gasteiger partial charge is 0.512 e. The van der Waals surface area contributed by atoms with Crippen LogP contribution in [-0.4, -0.2) is 35.2 Å². The molecule has 1 heterocycles. The third kappa shape index (κ3) is 7.10. The van der Waals surface area contributed by atoms with Gasteiger partial charge in [0.05, 0.1) is 12.5 Å². The van der Waals surface area contributed by atoms with Gasteiger partial charge in [0.1, 0.15) is 11.8 Å². The Labute approximate surface area is 272 Å². The van der Waals surface area contributed by atoms with Crippen LogP contribution >= 0.6 is 0 Å². The highest BCUT2D eigenvalue weighted by Crippen LogP contribution is 2.42. The van der Waals surface area contributed by atoms with Gasteiger partial charge in [-0.25, -0.2) is 0 Å². The molecule has 0 saturated heterocycles. The van der Waals surface area contributed by atoms with Crippen molar-refractivity contribution in [2.24, 2.45) is 39.6 Å². The molecule has 0 aromatic rings. The molecule has 0 amide bonds. The minimum Gasteiger partial charge on any atom is -0.512 e. The van der Waals surface area contributed by atoms with Crippen LogP contribution in [0.3, 0.4) is 0 Å². The van der Waals surface area contributed by atoms with Crippen LogP contribution < -0.4 is 5.32 Å². The molecule has 240 valence electrons. The van der Waals surface area contributed by atoms with Crippen molar-refractivity contribution in [2.75, 3.05) is 6.54 Å². The first kappa shape index (κ1) is 30.8. The molecule has 4 nitrogen and oxygen atoms in total. The number of nitrogens with one attached hydrogen (secondary N) is 1. The van der Waals surface area contributed by atoms with Gasteiger partial charge in [-0.2, -0.15) is 0 Å². The molecule has 0 aromatic carbocycles. The molecule has 7 aliphatic rings. The van der Waals surface area contributed by atoms with Crippen LogP contribution in [-0.2, 0) is 0 Å². The van der Waals surface area contributed by atoms with E-state index < -0.39 is 0 Å². The molecule has 7 atom stereocenters. The van der Waals surface area contributed by atoms with E-state index in [-0.39, 0.29) is 18.0 Å². The van der Waals surface area contributed by atoms with E-state index >= 15 is 0 Å². The van der Waals surface area contributed by atoms with Crippen LogP contribution in [0.25, 0.3) is 0 Å². The summed E-state index contributed by atoms with van der Waals surface area (Å²) >= 11 is 0. The molecule has 0 aromatic heterocycles.